The van der Waals surface area contributed by atoms with Crippen LogP contribution in [0.25, 0.3) is 0 Å². The van der Waals surface area contributed by atoms with Crippen molar-refractivity contribution in [2.75, 3.05) is 7.11 Å². The minimum atomic E-state index is -0.149. The van der Waals surface area contributed by atoms with Crippen LogP contribution in [0.4, 0.5) is 4.39 Å². The van der Waals surface area contributed by atoms with Gasteiger partial charge in [0, 0.05) is 10.6 Å². The molecule has 0 aliphatic rings. The van der Waals surface area contributed by atoms with Gasteiger partial charge in [-0.05, 0) is 48.2 Å². The van der Waals surface area contributed by atoms with Crippen LogP contribution >= 0.6 is 8.58 Å². The Bertz CT molecular complexity index is 830. The number of rotatable bonds is 5. The number of ether oxygens (including phenoxy) is 1. The van der Waals surface area contributed by atoms with Crippen molar-refractivity contribution in [1.82, 2.24) is 0 Å². The second-order valence-electron chi connectivity index (χ2n) is 5.81. The zero-order valence-electron chi connectivity index (χ0n) is 13.8. The van der Waals surface area contributed by atoms with Crippen molar-refractivity contribution in [1.29, 1.82) is 0 Å². The van der Waals surface area contributed by atoms with Gasteiger partial charge >= 0.3 is 0 Å². The van der Waals surface area contributed by atoms with Crippen molar-refractivity contribution in [3.63, 3.8) is 0 Å². The fourth-order valence-corrected chi connectivity index (χ4v) is 3.88. The molecule has 0 aromatic heterocycles. The van der Waals surface area contributed by atoms with Gasteiger partial charge in [-0.2, -0.15) is 0 Å². The van der Waals surface area contributed by atoms with E-state index in [4.69, 9.17) is 4.74 Å². The maximum absolute atomic E-state index is 14.2. The molecule has 0 saturated carbocycles. The van der Waals surface area contributed by atoms with Crippen LogP contribution < -0.4 is 15.3 Å². The molecule has 3 aromatic rings. The smallest absolute Gasteiger partial charge is 0.131 e. The van der Waals surface area contributed by atoms with E-state index in [0.717, 1.165) is 28.3 Å². The lowest BCUT2D eigenvalue weighted by atomic mass is 10.1. The van der Waals surface area contributed by atoms with Gasteiger partial charge < -0.3 is 4.74 Å². The third kappa shape index (κ3) is 4.01. The average molecular weight is 338 g/mol. The monoisotopic (exact) mass is 338 g/mol. The van der Waals surface area contributed by atoms with E-state index in [1.54, 1.807) is 13.2 Å². The minimum Gasteiger partial charge on any atom is -0.496 e. The lowest BCUT2D eigenvalue weighted by molar-refractivity contribution is 0.418. The van der Waals surface area contributed by atoms with Crippen LogP contribution in [0.1, 0.15) is 16.7 Å². The van der Waals surface area contributed by atoms with E-state index in [1.165, 1.54) is 11.1 Å². The largest absolute Gasteiger partial charge is 0.496 e. The van der Waals surface area contributed by atoms with Crippen LogP contribution in [0.15, 0.2) is 66.7 Å². The van der Waals surface area contributed by atoms with Crippen molar-refractivity contribution in [2.24, 2.45) is 0 Å². The fraction of sp³-hybridized carbons (Fsp3) is 0.143. The van der Waals surface area contributed by atoms with Gasteiger partial charge in [-0.1, -0.05) is 57.1 Å². The molecular formula is C21H20FOP. The summed E-state index contributed by atoms with van der Waals surface area (Å²) in [6, 6.07) is 21.9. The average Bonchev–Trinajstić information content (AvgIpc) is 2.59. The quantitative estimate of drug-likeness (QED) is 0.628. The maximum atomic E-state index is 14.2. The molecule has 1 unspecified atom stereocenters. The first-order valence-electron chi connectivity index (χ1n) is 7.90. The highest BCUT2D eigenvalue weighted by molar-refractivity contribution is 7.55. The van der Waals surface area contributed by atoms with E-state index in [0.29, 0.717) is 0 Å². The highest BCUT2D eigenvalue weighted by Gasteiger charge is 2.09. The summed E-state index contributed by atoms with van der Waals surface area (Å²) in [6.07, 6.45) is 0.860. The SMILES string of the molecule is COc1ccc(Cc2ccccc2)cc1Pc1ccc(C)cc1F. The second-order valence-corrected chi connectivity index (χ2v) is 7.13. The summed E-state index contributed by atoms with van der Waals surface area (Å²) in [6.45, 7) is 1.90. The van der Waals surface area contributed by atoms with Crippen molar-refractivity contribution < 1.29 is 9.13 Å². The van der Waals surface area contributed by atoms with Gasteiger partial charge in [0.05, 0.1) is 7.11 Å². The zero-order chi connectivity index (χ0) is 16.9. The fourth-order valence-electron chi connectivity index (χ4n) is 2.66. The molecule has 0 aliphatic heterocycles. The Labute approximate surface area is 144 Å². The molecule has 0 N–H and O–H groups in total. The molecule has 0 radical (unpaired) electrons. The standard InChI is InChI=1S/C21H20FOP/c1-15-8-11-20(18(22)12-15)24-21-14-17(9-10-19(21)23-2)13-16-6-4-3-5-7-16/h3-12,14,24H,13H2,1-2H3. The first kappa shape index (κ1) is 16.7. The van der Waals surface area contributed by atoms with E-state index in [-0.39, 0.29) is 14.4 Å². The van der Waals surface area contributed by atoms with E-state index >= 15 is 0 Å². The van der Waals surface area contributed by atoms with Gasteiger partial charge in [0.1, 0.15) is 11.6 Å². The number of halogens is 1. The van der Waals surface area contributed by atoms with Gasteiger partial charge in [0.15, 0.2) is 0 Å². The van der Waals surface area contributed by atoms with Gasteiger partial charge in [-0.15, -0.1) is 0 Å². The van der Waals surface area contributed by atoms with Gasteiger partial charge in [-0.3, -0.25) is 0 Å². The van der Waals surface area contributed by atoms with Crippen molar-refractivity contribution in [3.05, 3.63) is 89.2 Å². The normalized spacial score (nSPS) is 11.1. The molecule has 3 rings (SSSR count). The molecule has 0 bridgehead atoms. The van der Waals surface area contributed by atoms with E-state index in [1.807, 2.05) is 43.3 Å². The molecule has 1 atom stereocenters. The van der Waals surface area contributed by atoms with Crippen LogP contribution in [0.5, 0.6) is 5.75 Å². The number of hydrogen-bond donors (Lipinski definition) is 0. The van der Waals surface area contributed by atoms with Crippen molar-refractivity contribution >= 4 is 19.2 Å². The Morgan fingerprint density at radius 2 is 1.67 bits per heavy atom. The lowest BCUT2D eigenvalue weighted by Gasteiger charge is -2.12. The Balaban J connectivity index is 1.89. The first-order valence-corrected chi connectivity index (χ1v) is 8.90. The molecule has 3 aromatic carbocycles. The van der Waals surface area contributed by atoms with Crippen LogP contribution in [0, 0.1) is 12.7 Å². The molecule has 1 nitrogen and oxygen atoms in total. The Kier molecular flexibility index (Phi) is 5.27. The summed E-state index contributed by atoms with van der Waals surface area (Å²) >= 11 is 0. The summed E-state index contributed by atoms with van der Waals surface area (Å²) < 4.78 is 19.7. The number of aryl methyl sites for hydroxylation is 1. The molecule has 0 heterocycles. The van der Waals surface area contributed by atoms with E-state index in [2.05, 4.69) is 24.3 Å². The summed E-state index contributed by atoms with van der Waals surface area (Å²) in [5, 5.41) is 1.75. The van der Waals surface area contributed by atoms with Crippen molar-refractivity contribution in [2.45, 2.75) is 13.3 Å². The minimum absolute atomic E-state index is 0.149. The molecule has 0 aliphatic carbocycles. The Hall–Kier alpha value is -2.18. The lowest BCUT2D eigenvalue weighted by Crippen LogP contribution is -2.11. The number of hydrogen-bond acceptors (Lipinski definition) is 1. The highest BCUT2D eigenvalue weighted by Crippen LogP contribution is 2.23. The first-order chi connectivity index (χ1) is 11.7. The van der Waals surface area contributed by atoms with Crippen LogP contribution in [-0.4, -0.2) is 7.11 Å². The predicted molar refractivity (Wildman–Crippen MR) is 101 cm³/mol. The summed E-state index contributed by atoms with van der Waals surface area (Å²) in [5.74, 6) is 0.661. The number of benzene rings is 3. The van der Waals surface area contributed by atoms with Gasteiger partial charge in [0.2, 0.25) is 0 Å². The molecule has 0 amide bonds. The molecule has 24 heavy (non-hydrogen) atoms. The maximum Gasteiger partial charge on any atom is 0.131 e. The molecule has 0 fully saturated rings. The number of methoxy groups -OCH3 is 1. The van der Waals surface area contributed by atoms with Crippen LogP contribution in [0.2, 0.25) is 0 Å². The second kappa shape index (κ2) is 7.59. The highest BCUT2D eigenvalue weighted by atomic mass is 31.1. The van der Waals surface area contributed by atoms with Crippen molar-refractivity contribution in [3.8, 4) is 5.75 Å². The molecular weight excluding hydrogens is 318 g/mol. The molecule has 0 spiro atoms. The molecule has 3 heteroatoms. The third-order valence-corrected chi connectivity index (χ3v) is 5.24. The molecule has 122 valence electrons. The van der Waals surface area contributed by atoms with Crippen LogP contribution in [-0.2, 0) is 6.42 Å². The summed E-state index contributed by atoms with van der Waals surface area (Å²) in [7, 11) is 1.89. The Morgan fingerprint density at radius 1 is 0.875 bits per heavy atom. The van der Waals surface area contributed by atoms with E-state index < -0.39 is 0 Å². The summed E-state index contributed by atoms with van der Waals surface area (Å²) in [5.41, 5.74) is 3.40. The molecule has 0 saturated heterocycles. The van der Waals surface area contributed by atoms with E-state index in [9.17, 15) is 4.39 Å². The topological polar surface area (TPSA) is 9.23 Å². The van der Waals surface area contributed by atoms with Gasteiger partial charge in [-0.25, -0.2) is 4.39 Å². The third-order valence-electron chi connectivity index (χ3n) is 3.91. The summed E-state index contributed by atoms with van der Waals surface area (Å²) in [4.78, 5) is 0. The van der Waals surface area contributed by atoms with Crippen LogP contribution in [0.3, 0.4) is 0 Å². The predicted octanol–water partition coefficient (Wildman–Crippen LogP) is 4.36. The Morgan fingerprint density at radius 3 is 2.38 bits per heavy atom. The van der Waals surface area contributed by atoms with Gasteiger partial charge in [0.25, 0.3) is 0 Å². The zero-order valence-corrected chi connectivity index (χ0v) is 14.8.